The Kier molecular flexibility index (Phi) is 6.62. The molecule has 110 valence electrons. The third-order valence-corrected chi connectivity index (χ3v) is 3.44. The van der Waals surface area contributed by atoms with Crippen LogP contribution in [0.4, 0.5) is 4.79 Å². The van der Waals surface area contributed by atoms with Gasteiger partial charge < -0.3 is 20.2 Å². The van der Waals surface area contributed by atoms with Gasteiger partial charge in [-0.1, -0.05) is 0 Å². The van der Waals surface area contributed by atoms with Crippen LogP contribution in [0, 0.1) is 5.92 Å². The van der Waals surface area contributed by atoms with Gasteiger partial charge in [0.25, 0.3) is 0 Å². The summed E-state index contributed by atoms with van der Waals surface area (Å²) in [6, 6.07) is -0.0614. The summed E-state index contributed by atoms with van der Waals surface area (Å²) in [5, 5.41) is 11.8. The van der Waals surface area contributed by atoms with Crippen molar-refractivity contribution < 1.29 is 14.7 Å². The number of hydrogen-bond donors (Lipinski definition) is 2. The fourth-order valence-corrected chi connectivity index (χ4v) is 2.19. The molecule has 2 amide bonds. The maximum absolute atomic E-state index is 11.8. The maximum Gasteiger partial charge on any atom is 0.317 e. The van der Waals surface area contributed by atoms with Crippen LogP contribution in [0.5, 0.6) is 0 Å². The number of nitrogens with zero attached hydrogens (tertiary/aromatic N) is 2. The number of hydrogen-bond acceptors (Lipinski definition) is 3. The second kappa shape index (κ2) is 7.99. The van der Waals surface area contributed by atoms with Gasteiger partial charge in [-0.25, -0.2) is 4.79 Å². The van der Waals surface area contributed by atoms with Gasteiger partial charge in [0.1, 0.15) is 0 Å². The molecule has 1 saturated heterocycles. The second-order valence-corrected chi connectivity index (χ2v) is 5.34. The van der Waals surface area contributed by atoms with E-state index in [9.17, 15) is 9.59 Å². The van der Waals surface area contributed by atoms with Gasteiger partial charge in [0, 0.05) is 19.6 Å². The number of carbonyl (C=O) groups excluding carboxylic acids is 1. The Labute approximate surface area is 114 Å². The van der Waals surface area contributed by atoms with Crippen molar-refractivity contribution in [2.45, 2.75) is 25.7 Å². The van der Waals surface area contributed by atoms with Crippen molar-refractivity contribution >= 4 is 12.0 Å². The van der Waals surface area contributed by atoms with Crippen LogP contribution < -0.4 is 5.32 Å². The minimum Gasteiger partial charge on any atom is -0.481 e. The van der Waals surface area contributed by atoms with E-state index < -0.39 is 5.97 Å². The predicted octanol–water partition coefficient (Wildman–Crippen LogP) is 0.834. The molecule has 0 bridgehead atoms. The molecule has 0 atom stereocenters. The van der Waals surface area contributed by atoms with E-state index in [1.54, 1.807) is 4.90 Å². The van der Waals surface area contributed by atoms with Gasteiger partial charge in [-0.05, 0) is 46.3 Å². The minimum atomic E-state index is -0.747. The van der Waals surface area contributed by atoms with Gasteiger partial charge in [-0.3, -0.25) is 4.79 Å². The highest BCUT2D eigenvalue weighted by Crippen LogP contribution is 2.17. The average Bonchev–Trinajstić information content (AvgIpc) is 2.37. The molecule has 1 aliphatic heterocycles. The van der Waals surface area contributed by atoms with Gasteiger partial charge in [0.15, 0.2) is 0 Å². The number of nitrogens with one attached hydrogen (secondary N) is 1. The molecule has 1 aliphatic rings. The van der Waals surface area contributed by atoms with Crippen LogP contribution in [-0.4, -0.2) is 67.2 Å². The van der Waals surface area contributed by atoms with Gasteiger partial charge in [0.2, 0.25) is 0 Å². The molecular formula is C13H25N3O3. The number of rotatable bonds is 6. The summed E-state index contributed by atoms with van der Waals surface area (Å²) in [6.07, 6.45) is 3.15. The van der Waals surface area contributed by atoms with Crippen LogP contribution in [0.15, 0.2) is 0 Å². The number of carboxylic acids is 1. The van der Waals surface area contributed by atoms with Crippen molar-refractivity contribution in [3.63, 3.8) is 0 Å². The lowest BCUT2D eigenvalue weighted by molar-refractivity contribution is -0.143. The third-order valence-electron chi connectivity index (χ3n) is 3.44. The Morgan fingerprint density at radius 2 is 1.89 bits per heavy atom. The Bertz CT molecular complexity index is 300. The number of amides is 2. The smallest absolute Gasteiger partial charge is 0.317 e. The van der Waals surface area contributed by atoms with E-state index >= 15 is 0 Å². The summed E-state index contributed by atoms with van der Waals surface area (Å²) in [6.45, 7) is 2.80. The zero-order valence-electron chi connectivity index (χ0n) is 11.9. The van der Waals surface area contributed by atoms with Crippen LogP contribution in [0.25, 0.3) is 0 Å². The summed E-state index contributed by atoms with van der Waals surface area (Å²) >= 11 is 0. The fourth-order valence-electron chi connectivity index (χ4n) is 2.19. The molecule has 1 heterocycles. The van der Waals surface area contributed by atoms with Gasteiger partial charge in [0.05, 0.1) is 5.92 Å². The molecule has 0 aromatic carbocycles. The summed E-state index contributed by atoms with van der Waals surface area (Å²) < 4.78 is 0. The molecule has 6 nitrogen and oxygen atoms in total. The first-order valence-electron chi connectivity index (χ1n) is 6.91. The number of likely N-dealkylation sites (tertiary alicyclic amines) is 1. The number of carbonyl (C=O) groups is 2. The lowest BCUT2D eigenvalue weighted by Gasteiger charge is -2.30. The largest absolute Gasteiger partial charge is 0.481 e. The van der Waals surface area contributed by atoms with Gasteiger partial charge in [-0.15, -0.1) is 0 Å². The Hall–Kier alpha value is -1.30. The highest BCUT2D eigenvalue weighted by Gasteiger charge is 2.26. The van der Waals surface area contributed by atoms with Crippen molar-refractivity contribution in [2.24, 2.45) is 5.92 Å². The van der Waals surface area contributed by atoms with E-state index in [1.807, 2.05) is 14.1 Å². The first-order chi connectivity index (χ1) is 9.00. The average molecular weight is 271 g/mol. The normalized spacial score (nSPS) is 16.7. The van der Waals surface area contributed by atoms with E-state index in [0.717, 1.165) is 19.4 Å². The lowest BCUT2D eigenvalue weighted by Crippen LogP contribution is -2.45. The summed E-state index contributed by atoms with van der Waals surface area (Å²) in [5.74, 6) is -1.03. The van der Waals surface area contributed by atoms with E-state index in [-0.39, 0.29) is 11.9 Å². The molecule has 1 fully saturated rings. The maximum atomic E-state index is 11.8. The van der Waals surface area contributed by atoms with Crippen molar-refractivity contribution in [1.29, 1.82) is 0 Å². The van der Waals surface area contributed by atoms with Crippen LogP contribution in [0.1, 0.15) is 25.7 Å². The van der Waals surface area contributed by atoms with Crippen molar-refractivity contribution in [2.75, 3.05) is 40.3 Å². The number of unbranched alkanes of at least 4 members (excludes halogenated alkanes) is 1. The number of aliphatic carboxylic acids is 1. The molecule has 0 aliphatic carbocycles. The highest BCUT2D eigenvalue weighted by atomic mass is 16.4. The topological polar surface area (TPSA) is 72.9 Å². The Morgan fingerprint density at radius 1 is 1.26 bits per heavy atom. The van der Waals surface area contributed by atoms with Crippen molar-refractivity contribution in [3.05, 3.63) is 0 Å². The predicted molar refractivity (Wildman–Crippen MR) is 73.1 cm³/mol. The highest BCUT2D eigenvalue weighted by molar-refractivity contribution is 5.75. The molecule has 6 heteroatoms. The first kappa shape index (κ1) is 15.8. The molecule has 0 unspecified atom stereocenters. The number of urea groups is 1. The van der Waals surface area contributed by atoms with Crippen molar-refractivity contribution in [3.8, 4) is 0 Å². The van der Waals surface area contributed by atoms with Crippen LogP contribution in [-0.2, 0) is 4.79 Å². The molecular weight excluding hydrogens is 246 g/mol. The monoisotopic (exact) mass is 271 g/mol. The fraction of sp³-hybridized carbons (Fsp3) is 0.846. The first-order valence-corrected chi connectivity index (χ1v) is 6.91. The number of piperidine rings is 1. The lowest BCUT2D eigenvalue weighted by atomic mass is 9.97. The minimum absolute atomic E-state index is 0.0614. The van der Waals surface area contributed by atoms with E-state index in [1.165, 1.54) is 0 Å². The summed E-state index contributed by atoms with van der Waals surface area (Å²) in [5.41, 5.74) is 0. The SMILES string of the molecule is CN(C)CCCCNC(=O)N1CCC(C(=O)O)CC1. The van der Waals surface area contributed by atoms with E-state index in [2.05, 4.69) is 10.2 Å². The second-order valence-electron chi connectivity index (χ2n) is 5.34. The summed E-state index contributed by atoms with van der Waals surface area (Å²) in [4.78, 5) is 26.5. The molecule has 0 radical (unpaired) electrons. The quantitative estimate of drug-likeness (QED) is 0.702. The standard InChI is InChI=1S/C13H25N3O3/c1-15(2)8-4-3-7-14-13(19)16-9-5-11(6-10-16)12(17)18/h11H,3-10H2,1-2H3,(H,14,19)(H,17,18). The molecule has 1 rings (SSSR count). The molecule has 2 N–H and O–H groups in total. The molecule has 0 aromatic rings. The van der Waals surface area contributed by atoms with Gasteiger partial charge in [-0.2, -0.15) is 0 Å². The number of carboxylic acid groups (broad SMARTS) is 1. The van der Waals surface area contributed by atoms with Crippen molar-refractivity contribution in [1.82, 2.24) is 15.1 Å². The third kappa shape index (κ3) is 5.92. The summed E-state index contributed by atoms with van der Waals surface area (Å²) in [7, 11) is 4.07. The molecule has 19 heavy (non-hydrogen) atoms. The van der Waals surface area contributed by atoms with Crippen LogP contribution >= 0.6 is 0 Å². The zero-order valence-corrected chi connectivity index (χ0v) is 11.9. The van der Waals surface area contributed by atoms with Crippen LogP contribution in [0.2, 0.25) is 0 Å². The van der Waals surface area contributed by atoms with E-state index in [4.69, 9.17) is 5.11 Å². The Morgan fingerprint density at radius 3 is 2.42 bits per heavy atom. The zero-order chi connectivity index (χ0) is 14.3. The van der Waals surface area contributed by atoms with E-state index in [0.29, 0.717) is 32.5 Å². The molecule has 0 saturated carbocycles. The Balaban J connectivity index is 2.12. The molecule has 0 spiro atoms. The van der Waals surface area contributed by atoms with Gasteiger partial charge >= 0.3 is 12.0 Å². The molecule has 0 aromatic heterocycles. The van der Waals surface area contributed by atoms with Crippen LogP contribution in [0.3, 0.4) is 0 Å².